The van der Waals surface area contributed by atoms with Gasteiger partial charge in [-0.25, -0.2) is 9.37 Å². The summed E-state index contributed by atoms with van der Waals surface area (Å²) in [5, 5.41) is 0.496. The Morgan fingerprint density at radius 3 is 2.85 bits per heavy atom. The SMILES string of the molecule is FC1CN(Cc2ccc(Cl)nc2)C1. The van der Waals surface area contributed by atoms with E-state index in [-0.39, 0.29) is 0 Å². The fourth-order valence-electron chi connectivity index (χ4n) is 1.39. The summed E-state index contributed by atoms with van der Waals surface area (Å²) >= 11 is 5.63. The van der Waals surface area contributed by atoms with Crippen molar-refractivity contribution in [3.05, 3.63) is 29.0 Å². The molecule has 0 amide bonds. The Bertz CT molecular complexity index is 282. The minimum absolute atomic E-state index is 0.496. The van der Waals surface area contributed by atoms with E-state index in [0.717, 1.165) is 12.1 Å². The molecule has 2 heterocycles. The molecule has 0 spiro atoms. The summed E-state index contributed by atoms with van der Waals surface area (Å²) in [4.78, 5) is 5.99. The fraction of sp³-hybridized carbons (Fsp3) is 0.444. The zero-order chi connectivity index (χ0) is 9.26. The molecule has 13 heavy (non-hydrogen) atoms. The first-order valence-corrected chi connectivity index (χ1v) is 4.59. The molecule has 4 heteroatoms. The molecular formula is C9H10ClFN2. The molecule has 70 valence electrons. The topological polar surface area (TPSA) is 16.1 Å². The maximum absolute atomic E-state index is 12.5. The molecule has 0 N–H and O–H groups in total. The molecule has 0 aromatic carbocycles. The minimum atomic E-state index is -0.639. The molecule has 2 rings (SSSR count). The average molecular weight is 201 g/mol. The highest BCUT2D eigenvalue weighted by Gasteiger charge is 2.25. The van der Waals surface area contributed by atoms with Crippen molar-refractivity contribution < 1.29 is 4.39 Å². The first-order chi connectivity index (χ1) is 6.24. The molecule has 1 saturated heterocycles. The lowest BCUT2D eigenvalue weighted by molar-refractivity contribution is 0.0590. The van der Waals surface area contributed by atoms with Crippen LogP contribution in [0.2, 0.25) is 5.15 Å². The van der Waals surface area contributed by atoms with E-state index >= 15 is 0 Å². The van der Waals surface area contributed by atoms with Gasteiger partial charge in [0.25, 0.3) is 0 Å². The second-order valence-electron chi connectivity index (χ2n) is 3.28. The van der Waals surface area contributed by atoms with E-state index in [4.69, 9.17) is 11.6 Å². The number of hydrogen-bond acceptors (Lipinski definition) is 2. The Morgan fingerprint density at radius 2 is 2.31 bits per heavy atom. The van der Waals surface area contributed by atoms with Crippen LogP contribution in [-0.2, 0) is 6.54 Å². The van der Waals surface area contributed by atoms with Gasteiger partial charge in [-0.15, -0.1) is 0 Å². The Balaban J connectivity index is 1.91. The van der Waals surface area contributed by atoms with Crippen molar-refractivity contribution >= 4 is 11.6 Å². The second-order valence-corrected chi connectivity index (χ2v) is 3.67. The molecule has 0 unspecified atom stereocenters. The highest BCUT2D eigenvalue weighted by Crippen LogP contribution is 2.15. The van der Waals surface area contributed by atoms with Crippen molar-refractivity contribution in [2.75, 3.05) is 13.1 Å². The van der Waals surface area contributed by atoms with Crippen LogP contribution in [-0.4, -0.2) is 29.1 Å². The van der Waals surface area contributed by atoms with Gasteiger partial charge in [0.05, 0.1) is 0 Å². The van der Waals surface area contributed by atoms with Gasteiger partial charge >= 0.3 is 0 Å². The molecule has 1 aromatic rings. The van der Waals surface area contributed by atoms with Crippen molar-refractivity contribution in [3.8, 4) is 0 Å². The van der Waals surface area contributed by atoms with Gasteiger partial charge in [0.15, 0.2) is 0 Å². The first kappa shape index (κ1) is 8.91. The predicted molar refractivity (Wildman–Crippen MR) is 49.4 cm³/mol. The van der Waals surface area contributed by atoms with E-state index in [9.17, 15) is 4.39 Å². The quantitative estimate of drug-likeness (QED) is 0.678. The molecule has 0 aliphatic carbocycles. The van der Waals surface area contributed by atoms with Crippen LogP contribution in [0.3, 0.4) is 0 Å². The number of halogens is 2. The van der Waals surface area contributed by atoms with Gasteiger partial charge < -0.3 is 0 Å². The molecule has 1 fully saturated rings. The molecule has 0 atom stereocenters. The number of nitrogens with zero attached hydrogens (tertiary/aromatic N) is 2. The molecule has 0 radical (unpaired) electrons. The number of likely N-dealkylation sites (tertiary alicyclic amines) is 1. The van der Waals surface area contributed by atoms with Crippen molar-refractivity contribution in [2.24, 2.45) is 0 Å². The summed E-state index contributed by atoms with van der Waals surface area (Å²) in [7, 11) is 0. The molecule has 2 nitrogen and oxygen atoms in total. The Labute approximate surface area is 81.3 Å². The normalized spacial score (nSPS) is 18.6. The summed E-state index contributed by atoms with van der Waals surface area (Å²) < 4.78 is 12.5. The molecule has 0 saturated carbocycles. The van der Waals surface area contributed by atoms with E-state index in [0.29, 0.717) is 18.2 Å². The number of pyridine rings is 1. The van der Waals surface area contributed by atoms with E-state index < -0.39 is 6.17 Å². The largest absolute Gasteiger partial charge is 0.293 e. The number of alkyl halides is 1. The lowest BCUT2D eigenvalue weighted by Gasteiger charge is -2.34. The van der Waals surface area contributed by atoms with Crippen LogP contribution in [0.15, 0.2) is 18.3 Å². The number of aromatic nitrogens is 1. The first-order valence-electron chi connectivity index (χ1n) is 4.21. The molecule has 1 aliphatic rings. The lowest BCUT2D eigenvalue weighted by Crippen LogP contribution is -2.47. The minimum Gasteiger partial charge on any atom is -0.293 e. The Morgan fingerprint density at radius 1 is 1.54 bits per heavy atom. The van der Waals surface area contributed by atoms with Crippen molar-refractivity contribution in [1.82, 2.24) is 9.88 Å². The van der Waals surface area contributed by atoms with Crippen LogP contribution in [0.1, 0.15) is 5.56 Å². The van der Waals surface area contributed by atoms with Crippen LogP contribution in [0.4, 0.5) is 4.39 Å². The summed E-state index contributed by atoms with van der Waals surface area (Å²) in [6.07, 6.45) is 1.09. The van der Waals surface area contributed by atoms with Crippen LogP contribution >= 0.6 is 11.6 Å². The third-order valence-corrected chi connectivity index (χ3v) is 2.33. The average Bonchev–Trinajstić information content (AvgIpc) is 2.06. The van der Waals surface area contributed by atoms with Gasteiger partial charge in [0, 0.05) is 25.8 Å². The van der Waals surface area contributed by atoms with Gasteiger partial charge in [-0.05, 0) is 11.6 Å². The highest BCUT2D eigenvalue weighted by atomic mass is 35.5. The van der Waals surface area contributed by atoms with Crippen LogP contribution in [0, 0.1) is 0 Å². The highest BCUT2D eigenvalue weighted by molar-refractivity contribution is 6.29. The van der Waals surface area contributed by atoms with E-state index in [1.165, 1.54) is 0 Å². The number of hydrogen-bond donors (Lipinski definition) is 0. The van der Waals surface area contributed by atoms with Gasteiger partial charge in [-0.1, -0.05) is 17.7 Å². The third-order valence-electron chi connectivity index (χ3n) is 2.11. The van der Waals surface area contributed by atoms with Crippen molar-refractivity contribution in [1.29, 1.82) is 0 Å². The standard InChI is InChI=1S/C9H10ClFN2/c10-9-2-1-7(3-12-9)4-13-5-8(11)6-13/h1-3,8H,4-6H2. The smallest absolute Gasteiger partial charge is 0.129 e. The van der Waals surface area contributed by atoms with Gasteiger partial charge in [-0.3, -0.25) is 4.90 Å². The van der Waals surface area contributed by atoms with Crippen molar-refractivity contribution in [3.63, 3.8) is 0 Å². The predicted octanol–water partition coefficient (Wildman–Crippen LogP) is 1.89. The summed E-state index contributed by atoms with van der Waals surface area (Å²) in [5.74, 6) is 0. The fourth-order valence-corrected chi connectivity index (χ4v) is 1.51. The molecular weight excluding hydrogens is 191 g/mol. The zero-order valence-electron chi connectivity index (χ0n) is 7.08. The van der Waals surface area contributed by atoms with Crippen LogP contribution in [0.25, 0.3) is 0 Å². The molecule has 0 bridgehead atoms. The van der Waals surface area contributed by atoms with E-state index in [2.05, 4.69) is 4.98 Å². The summed E-state index contributed by atoms with van der Waals surface area (Å²) in [6, 6.07) is 3.67. The van der Waals surface area contributed by atoms with Crippen molar-refractivity contribution in [2.45, 2.75) is 12.7 Å². The van der Waals surface area contributed by atoms with Crippen LogP contribution in [0.5, 0.6) is 0 Å². The third kappa shape index (κ3) is 2.17. The molecule has 1 aromatic heterocycles. The second kappa shape index (κ2) is 3.60. The lowest BCUT2D eigenvalue weighted by atomic mass is 10.1. The summed E-state index contributed by atoms with van der Waals surface area (Å²) in [5.41, 5.74) is 1.08. The maximum atomic E-state index is 12.5. The van der Waals surface area contributed by atoms with E-state index in [1.807, 2.05) is 11.0 Å². The van der Waals surface area contributed by atoms with E-state index in [1.54, 1.807) is 12.3 Å². The van der Waals surface area contributed by atoms with Gasteiger partial charge in [-0.2, -0.15) is 0 Å². The Hall–Kier alpha value is -0.670. The van der Waals surface area contributed by atoms with Crippen LogP contribution < -0.4 is 0 Å². The molecule has 1 aliphatic heterocycles. The Kier molecular flexibility index (Phi) is 2.47. The van der Waals surface area contributed by atoms with Gasteiger partial charge in [0.1, 0.15) is 11.3 Å². The number of rotatable bonds is 2. The zero-order valence-corrected chi connectivity index (χ0v) is 7.84. The monoisotopic (exact) mass is 200 g/mol. The maximum Gasteiger partial charge on any atom is 0.129 e. The summed E-state index contributed by atoms with van der Waals surface area (Å²) in [6.45, 7) is 1.86. The van der Waals surface area contributed by atoms with Gasteiger partial charge in [0.2, 0.25) is 0 Å².